The molecule has 2 rings (SSSR count). The minimum Gasteiger partial charge on any atom is -0.495 e. The van der Waals surface area contributed by atoms with Crippen LogP contribution in [0.4, 0.5) is 5.69 Å². The number of sulfonamides is 2. The zero-order valence-corrected chi connectivity index (χ0v) is 17.1. The van der Waals surface area contributed by atoms with Crippen molar-refractivity contribution in [2.45, 2.75) is 29.7 Å². The molecule has 9 nitrogen and oxygen atoms in total. The third-order valence-corrected chi connectivity index (χ3v) is 6.16. The lowest BCUT2D eigenvalue weighted by Crippen LogP contribution is -2.30. The zero-order valence-electron chi connectivity index (χ0n) is 15.5. The summed E-state index contributed by atoms with van der Waals surface area (Å²) in [7, 11) is -6.40. The number of rotatable bonds is 7. The van der Waals surface area contributed by atoms with Gasteiger partial charge in [-0.15, -0.1) is 0 Å². The third-order valence-electron chi connectivity index (χ3n) is 3.55. The number of anilines is 1. The second-order valence-electron chi connectivity index (χ2n) is 6.17. The average molecular weight is 428 g/mol. The van der Waals surface area contributed by atoms with Crippen LogP contribution in [0.2, 0.25) is 0 Å². The summed E-state index contributed by atoms with van der Waals surface area (Å²) in [4.78, 5) is 12.2. The van der Waals surface area contributed by atoms with Crippen molar-refractivity contribution in [3.05, 3.63) is 48.0 Å². The third kappa shape index (κ3) is 5.29. The highest BCUT2D eigenvalue weighted by Gasteiger charge is 2.22. The second-order valence-corrected chi connectivity index (χ2v) is 9.41. The van der Waals surface area contributed by atoms with Crippen LogP contribution in [-0.2, 0) is 20.0 Å². The molecule has 0 atom stereocenters. The summed E-state index contributed by atoms with van der Waals surface area (Å²) < 4.78 is 55.1. The van der Waals surface area contributed by atoms with Crippen molar-refractivity contribution in [1.29, 1.82) is 0 Å². The molecule has 0 aromatic heterocycles. The van der Waals surface area contributed by atoms with Crippen LogP contribution in [-0.4, -0.2) is 35.9 Å². The summed E-state index contributed by atoms with van der Waals surface area (Å²) in [6.45, 7) is 3.34. The molecule has 0 unspecified atom stereocenters. The fourth-order valence-electron chi connectivity index (χ4n) is 2.33. The Kier molecular flexibility index (Phi) is 6.44. The van der Waals surface area contributed by atoms with Gasteiger partial charge in [0, 0.05) is 17.3 Å². The number of amides is 1. The number of carbonyl (C=O) groups is 1. The maximum atomic E-state index is 12.5. The van der Waals surface area contributed by atoms with E-state index < -0.39 is 26.0 Å². The Labute approximate surface area is 164 Å². The molecule has 28 heavy (non-hydrogen) atoms. The van der Waals surface area contributed by atoms with E-state index >= 15 is 0 Å². The van der Waals surface area contributed by atoms with Gasteiger partial charge in [-0.25, -0.2) is 26.7 Å². The lowest BCUT2D eigenvalue weighted by atomic mass is 10.2. The lowest BCUT2D eigenvalue weighted by Gasteiger charge is -2.14. The Morgan fingerprint density at radius 2 is 1.64 bits per heavy atom. The summed E-state index contributed by atoms with van der Waals surface area (Å²) in [5.41, 5.74) is 0.401. The topological polar surface area (TPSA) is 145 Å². The van der Waals surface area contributed by atoms with Gasteiger partial charge in [0.2, 0.25) is 20.0 Å². The highest BCUT2D eigenvalue weighted by atomic mass is 32.2. The zero-order chi connectivity index (χ0) is 21.1. The number of hydrogen-bond donors (Lipinski definition) is 3. The molecule has 0 saturated carbocycles. The van der Waals surface area contributed by atoms with Crippen molar-refractivity contribution >= 4 is 31.6 Å². The number of methoxy groups -OCH3 is 1. The monoisotopic (exact) mass is 427 g/mol. The van der Waals surface area contributed by atoms with Crippen molar-refractivity contribution in [3.8, 4) is 5.75 Å². The van der Waals surface area contributed by atoms with Gasteiger partial charge >= 0.3 is 0 Å². The van der Waals surface area contributed by atoms with Gasteiger partial charge in [0.1, 0.15) is 10.6 Å². The van der Waals surface area contributed by atoms with Gasteiger partial charge in [-0.05, 0) is 56.3 Å². The molecule has 0 aliphatic heterocycles. The lowest BCUT2D eigenvalue weighted by molar-refractivity contribution is 0.102. The van der Waals surface area contributed by atoms with Gasteiger partial charge in [-0.3, -0.25) is 4.79 Å². The first-order valence-corrected chi connectivity index (χ1v) is 11.1. The molecule has 0 saturated heterocycles. The van der Waals surface area contributed by atoms with Crippen LogP contribution >= 0.6 is 0 Å². The number of hydrogen-bond acceptors (Lipinski definition) is 6. The molecule has 0 aliphatic rings. The Morgan fingerprint density at radius 3 is 2.14 bits per heavy atom. The quantitative estimate of drug-likeness (QED) is 0.607. The molecule has 4 N–H and O–H groups in total. The van der Waals surface area contributed by atoms with Crippen LogP contribution in [0.25, 0.3) is 0 Å². The Morgan fingerprint density at radius 1 is 1.04 bits per heavy atom. The molecule has 1 amide bonds. The molecule has 2 aromatic carbocycles. The van der Waals surface area contributed by atoms with Crippen LogP contribution in [0.5, 0.6) is 5.75 Å². The average Bonchev–Trinajstić information content (AvgIpc) is 2.59. The van der Waals surface area contributed by atoms with Crippen LogP contribution < -0.4 is 19.9 Å². The van der Waals surface area contributed by atoms with E-state index in [2.05, 4.69) is 10.0 Å². The van der Waals surface area contributed by atoms with Gasteiger partial charge in [-0.2, -0.15) is 0 Å². The molecule has 11 heteroatoms. The summed E-state index contributed by atoms with van der Waals surface area (Å²) >= 11 is 0. The largest absolute Gasteiger partial charge is 0.495 e. The smallest absolute Gasteiger partial charge is 0.255 e. The summed E-state index contributed by atoms with van der Waals surface area (Å²) in [6.07, 6.45) is 0. The van der Waals surface area contributed by atoms with E-state index in [1.54, 1.807) is 13.8 Å². The minimum absolute atomic E-state index is 0.0838. The first-order valence-electron chi connectivity index (χ1n) is 8.08. The molecular formula is C17H21N3O6S2. The van der Waals surface area contributed by atoms with Crippen molar-refractivity contribution in [3.63, 3.8) is 0 Å². The van der Waals surface area contributed by atoms with Crippen LogP contribution in [0.15, 0.2) is 52.3 Å². The Balaban J connectivity index is 2.32. The van der Waals surface area contributed by atoms with Gasteiger partial charge in [0.05, 0.1) is 12.0 Å². The number of nitrogens with two attached hydrogens (primary N) is 1. The predicted octanol–water partition coefficient (Wildman–Crippen LogP) is 1.28. The van der Waals surface area contributed by atoms with Crippen LogP contribution in [0, 0.1) is 0 Å². The SMILES string of the molecule is COc1ccc(C(=O)Nc2ccc(S(N)(=O)=O)cc2)cc1S(=O)(=O)NC(C)C. The number of nitrogens with one attached hydrogen (secondary N) is 2. The standard InChI is InChI=1S/C17H21N3O6S2/c1-11(2)20-28(24,25)16-10-12(4-9-15(16)26-3)17(21)19-13-5-7-14(8-6-13)27(18,22)23/h4-11,20H,1-3H3,(H,19,21)(H2,18,22,23). The van der Waals surface area contributed by atoms with Gasteiger partial charge in [0.25, 0.3) is 5.91 Å². The molecule has 0 aliphatic carbocycles. The molecule has 0 bridgehead atoms. The first kappa shape index (κ1) is 21.8. The summed E-state index contributed by atoms with van der Waals surface area (Å²) in [6, 6.07) is 8.91. The van der Waals surface area contributed by atoms with E-state index in [-0.39, 0.29) is 27.1 Å². The van der Waals surface area contributed by atoms with Crippen LogP contribution in [0.1, 0.15) is 24.2 Å². The second kappa shape index (κ2) is 8.27. The van der Waals surface area contributed by atoms with E-state index in [4.69, 9.17) is 9.88 Å². The predicted molar refractivity (Wildman–Crippen MR) is 104 cm³/mol. The van der Waals surface area contributed by atoms with Crippen molar-refractivity contribution in [1.82, 2.24) is 4.72 Å². The van der Waals surface area contributed by atoms with Crippen molar-refractivity contribution in [2.24, 2.45) is 5.14 Å². The number of primary sulfonamides is 1. The maximum absolute atomic E-state index is 12.5. The number of benzene rings is 2. The minimum atomic E-state index is -3.89. The van der Waals surface area contributed by atoms with Gasteiger partial charge in [0.15, 0.2) is 0 Å². The summed E-state index contributed by atoms with van der Waals surface area (Å²) in [5.74, 6) is -0.478. The van der Waals surface area contributed by atoms with Crippen molar-refractivity contribution in [2.75, 3.05) is 12.4 Å². The highest BCUT2D eigenvalue weighted by molar-refractivity contribution is 7.89. The molecule has 0 fully saturated rings. The van der Waals surface area contributed by atoms with Gasteiger partial charge in [-0.1, -0.05) is 0 Å². The fraction of sp³-hybridized carbons (Fsp3) is 0.235. The molecule has 0 heterocycles. The van der Waals surface area contributed by atoms with E-state index in [1.807, 2.05) is 0 Å². The molecule has 152 valence electrons. The molecule has 0 radical (unpaired) electrons. The van der Waals surface area contributed by atoms with E-state index in [0.717, 1.165) is 0 Å². The van der Waals surface area contributed by atoms with E-state index in [0.29, 0.717) is 5.69 Å². The van der Waals surface area contributed by atoms with Crippen molar-refractivity contribution < 1.29 is 26.4 Å². The normalized spacial score (nSPS) is 12.0. The van der Waals surface area contributed by atoms with Gasteiger partial charge < -0.3 is 10.1 Å². The molecule has 0 spiro atoms. The fourth-order valence-corrected chi connectivity index (χ4v) is 4.29. The van der Waals surface area contributed by atoms with E-state index in [9.17, 15) is 21.6 Å². The first-order chi connectivity index (χ1) is 12.9. The Hall–Kier alpha value is -2.47. The van der Waals surface area contributed by atoms with Crippen LogP contribution in [0.3, 0.4) is 0 Å². The molecular weight excluding hydrogens is 406 g/mol. The van der Waals surface area contributed by atoms with E-state index in [1.165, 1.54) is 49.6 Å². The highest BCUT2D eigenvalue weighted by Crippen LogP contribution is 2.25. The number of carbonyl (C=O) groups excluding carboxylic acids is 1. The number of ether oxygens (including phenoxy) is 1. The summed E-state index contributed by atoms with van der Waals surface area (Å²) in [5, 5.41) is 7.59. The molecule has 2 aromatic rings. The Bertz CT molecular complexity index is 1080. The maximum Gasteiger partial charge on any atom is 0.255 e.